The largest absolute Gasteiger partial charge is 0.310 e. The maximum absolute atomic E-state index is 6.30. The number of nitrogens with one attached hydrogen (secondary N) is 1. The van der Waals surface area contributed by atoms with Gasteiger partial charge in [-0.25, -0.2) is 0 Å². The molecule has 1 unspecified atom stereocenters. The third-order valence-electron chi connectivity index (χ3n) is 3.35. The monoisotopic (exact) mass is 307 g/mol. The van der Waals surface area contributed by atoms with E-state index in [1.54, 1.807) is 0 Å². The Balaban J connectivity index is 2.28. The summed E-state index contributed by atoms with van der Waals surface area (Å²) in [7, 11) is 0. The van der Waals surface area contributed by atoms with Gasteiger partial charge >= 0.3 is 0 Å². The van der Waals surface area contributed by atoms with E-state index in [0.717, 1.165) is 18.5 Å². The van der Waals surface area contributed by atoms with Gasteiger partial charge in [-0.3, -0.25) is 0 Å². The zero-order valence-corrected chi connectivity index (χ0v) is 13.3. The molecule has 2 aromatic rings. The van der Waals surface area contributed by atoms with Gasteiger partial charge in [0, 0.05) is 6.04 Å². The molecule has 1 N–H and O–H groups in total. The lowest BCUT2D eigenvalue weighted by atomic mass is 9.97. The van der Waals surface area contributed by atoms with E-state index < -0.39 is 0 Å². The average molecular weight is 308 g/mol. The van der Waals surface area contributed by atoms with Crippen molar-refractivity contribution in [3.8, 4) is 0 Å². The molecular weight excluding hydrogens is 289 g/mol. The van der Waals surface area contributed by atoms with Crippen molar-refractivity contribution in [2.24, 2.45) is 0 Å². The smallest absolute Gasteiger partial charge is 0.0624 e. The van der Waals surface area contributed by atoms with E-state index in [-0.39, 0.29) is 6.04 Å². The number of aryl methyl sites for hydroxylation is 1. The van der Waals surface area contributed by atoms with Gasteiger partial charge in [0.25, 0.3) is 0 Å². The lowest BCUT2D eigenvalue weighted by Crippen LogP contribution is -2.23. The van der Waals surface area contributed by atoms with Crippen molar-refractivity contribution in [1.82, 2.24) is 5.32 Å². The predicted molar refractivity (Wildman–Crippen MR) is 87.8 cm³/mol. The van der Waals surface area contributed by atoms with Gasteiger partial charge in [-0.2, -0.15) is 0 Å². The molecular formula is C17H19Cl2N. The summed E-state index contributed by atoms with van der Waals surface area (Å²) in [6.07, 6.45) is 0.830. The third kappa shape index (κ3) is 3.76. The topological polar surface area (TPSA) is 12.0 Å². The lowest BCUT2D eigenvalue weighted by Gasteiger charge is -2.20. The van der Waals surface area contributed by atoms with Gasteiger partial charge in [-0.15, -0.1) is 0 Å². The minimum absolute atomic E-state index is 0.246. The number of benzene rings is 2. The van der Waals surface area contributed by atoms with Gasteiger partial charge in [-0.05, 0) is 37.1 Å². The highest BCUT2D eigenvalue weighted by Crippen LogP contribution is 2.29. The second-order valence-corrected chi connectivity index (χ2v) is 5.73. The second kappa shape index (κ2) is 7.12. The lowest BCUT2D eigenvalue weighted by molar-refractivity contribution is 0.549. The molecule has 0 bridgehead atoms. The Labute approximate surface area is 130 Å². The first-order chi connectivity index (χ1) is 9.61. The van der Waals surface area contributed by atoms with Crippen LogP contribution < -0.4 is 5.32 Å². The summed E-state index contributed by atoms with van der Waals surface area (Å²) in [5.74, 6) is 0. The molecule has 106 valence electrons. The summed E-state index contributed by atoms with van der Waals surface area (Å²) in [5, 5.41) is 4.79. The molecule has 0 saturated heterocycles. The van der Waals surface area contributed by atoms with Crippen LogP contribution in [0.4, 0.5) is 0 Å². The standard InChI is InChI=1S/C17H19Cl2N/c1-3-20-16(13-7-4-6-12(2)10-13)11-14-8-5-9-15(18)17(14)19/h4-10,16,20H,3,11H2,1-2H3. The van der Waals surface area contributed by atoms with Crippen LogP contribution in [0.1, 0.15) is 29.7 Å². The number of rotatable bonds is 5. The Morgan fingerprint density at radius 3 is 2.55 bits per heavy atom. The first-order valence-corrected chi connectivity index (χ1v) is 7.60. The molecule has 0 aromatic heterocycles. The quantitative estimate of drug-likeness (QED) is 0.801. The molecule has 0 amide bonds. The van der Waals surface area contributed by atoms with Crippen molar-refractivity contribution < 1.29 is 0 Å². The van der Waals surface area contributed by atoms with Crippen LogP contribution in [0.25, 0.3) is 0 Å². The average Bonchev–Trinajstić information content (AvgIpc) is 2.43. The van der Waals surface area contributed by atoms with Crippen molar-refractivity contribution >= 4 is 23.2 Å². The molecule has 0 aliphatic carbocycles. The summed E-state index contributed by atoms with van der Waals surface area (Å²) in [6.45, 7) is 5.14. The highest BCUT2D eigenvalue weighted by molar-refractivity contribution is 6.42. The van der Waals surface area contributed by atoms with Gasteiger partial charge in [0.2, 0.25) is 0 Å². The van der Waals surface area contributed by atoms with Crippen molar-refractivity contribution in [2.45, 2.75) is 26.3 Å². The summed E-state index contributed by atoms with van der Waals surface area (Å²) in [4.78, 5) is 0. The Morgan fingerprint density at radius 2 is 1.85 bits per heavy atom. The minimum atomic E-state index is 0.246. The fourth-order valence-corrected chi connectivity index (χ4v) is 2.76. The normalized spacial score (nSPS) is 12.4. The highest BCUT2D eigenvalue weighted by atomic mass is 35.5. The molecule has 0 radical (unpaired) electrons. The van der Waals surface area contributed by atoms with Crippen LogP contribution in [0.5, 0.6) is 0 Å². The van der Waals surface area contributed by atoms with E-state index in [2.05, 4.69) is 43.4 Å². The summed E-state index contributed by atoms with van der Waals surface area (Å²) in [6, 6.07) is 14.6. The van der Waals surface area contributed by atoms with E-state index in [4.69, 9.17) is 23.2 Å². The molecule has 0 spiro atoms. The number of hydrogen-bond donors (Lipinski definition) is 1. The third-order valence-corrected chi connectivity index (χ3v) is 4.21. The Hall–Kier alpha value is -1.02. The zero-order chi connectivity index (χ0) is 14.5. The molecule has 0 aliphatic heterocycles. The van der Waals surface area contributed by atoms with Crippen molar-refractivity contribution in [3.63, 3.8) is 0 Å². The number of hydrogen-bond acceptors (Lipinski definition) is 1. The fourth-order valence-electron chi connectivity index (χ4n) is 2.37. The maximum Gasteiger partial charge on any atom is 0.0624 e. The maximum atomic E-state index is 6.30. The van der Waals surface area contributed by atoms with E-state index in [0.29, 0.717) is 10.0 Å². The van der Waals surface area contributed by atoms with Gasteiger partial charge in [0.15, 0.2) is 0 Å². The van der Waals surface area contributed by atoms with E-state index in [1.807, 2.05) is 18.2 Å². The Morgan fingerprint density at radius 1 is 1.10 bits per heavy atom. The molecule has 1 atom stereocenters. The predicted octanol–water partition coefficient (Wildman–Crippen LogP) is 5.20. The first-order valence-electron chi connectivity index (χ1n) is 6.84. The SMILES string of the molecule is CCNC(Cc1cccc(Cl)c1Cl)c1cccc(C)c1. The molecule has 2 aromatic carbocycles. The van der Waals surface area contributed by atoms with E-state index >= 15 is 0 Å². The van der Waals surface area contributed by atoms with E-state index in [1.165, 1.54) is 11.1 Å². The van der Waals surface area contributed by atoms with Crippen molar-refractivity contribution in [2.75, 3.05) is 6.54 Å². The van der Waals surface area contributed by atoms with Crippen LogP contribution >= 0.6 is 23.2 Å². The molecule has 0 aliphatic rings. The molecule has 2 rings (SSSR count). The van der Waals surface area contributed by atoms with Crippen LogP contribution in [0.2, 0.25) is 10.0 Å². The minimum Gasteiger partial charge on any atom is -0.310 e. The van der Waals surface area contributed by atoms with Crippen LogP contribution in [-0.4, -0.2) is 6.54 Å². The fraction of sp³-hybridized carbons (Fsp3) is 0.294. The second-order valence-electron chi connectivity index (χ2n) is 4.94. The molecule has 0 fully saturated rings. The summed E-state index contributed by atoms with van der Waals surface area (Å²) >= 11 is 12.4. The van der Waals surface area contributed by atoms with Crippen LogP contribution in [0, 0.1) is 6.92 Å². The zero-order valence-electron chi connectivity index (χ0n) is 11.8. The highest BCUT2D eigenvalue weighted by Gasteiger charge is 2.14. The molecule has 20 heavy (non-hydrogen) atoms. The Kier molecular flexibility index (Phi) is 5.47. The molecule has 1 nitrogen and oxygen atoms in total. The first kappa shape index (κ1) is 15.4. The number of likely N-dealkylation sites (N-methyl/N-ethyl adjacent to an activating group) is 1. The van der Waals surface area contributed by atoms with Crippen molar-refractivity contribution in [1.29, 1.82) is 0 Å². The van der Waals surface area contributed by atoms with E-state index in [9.17, 15) is 0 Å². The molecule has 0 heterocycles. The van der Waals surface area contributed by atoms with Crippen LogP contribution in [0.15, 0.2) is 42.5 Å². The van der Waals surface area contributed by atoms with Gasteiger partial charge < -0.3 is 5.32 Å². The molecule has 0 saturated carbocycles. The summed E-state index contributed by atoms with van der Waals surface area (Å²) < 4.78 is 0. The number of halogens is 2. The van der Waals surface area contributed by atoms with Gasteiger partial charge in [0.1, 0.15) is 0 Å². The van der Waals surface area contributed by atoms with Gasteiger partial charge in [-0.1, -0.05) is 72.1 Å². The van der Waals surface area contributed by atoms with Crippen molar-refractivity contribution in [3.05, 3.63) is 69.2 Å². The van der Waals surface area contributed by atoms with Crippen LogP contribution in [0.3, 0.4) is 0 Å². The summed E-state index contributed by atoms with van der Waals surface area (Å²) in [5.41, 5.74) is 3.62. The van der Waals surface area contributed by atoms with Gasteiger partial charge in [0.05, 0.1) is 10.0 Å². The molecule has 3 heteroatoms. The van der Waals surface area contributed by atoms with Crippen LogP contribution in [-0.2, 0) is 6.42 Å². The Bertz CT molecular complexity index is 581.